The number of nitrogens with two attached hydrogens (primary N) is 1. The summed E-state index contributed by atoms with van der Waals surface area (Å²) in [5.41, 5.74) is 5.86. The minimum absolute atomic E-state index is 0.0186. The molecule has 0 aliphatic carbocycles. The SMILES string of the molecule is Nc1cc(Cl)ccc1Nc1cc(Cl)cc(C(F)(F)F)c1. The molecule has 20 heavy (non-hydrogen) atoms. The highest BCUT2D eigenvalue weighted by atomic mass is 35.5. The zero-order valence-electron chi connectivity index (χ0n) is 9.93. The van der Waals surface area contributed by atoms with Crippen molar-refractivity contribution in [3.63, 3.8) is 0 Å². The quantitative estimate of drug-likeness (QED) is 0.733. The number of hydrogen-bond acceptors (Lipinski definition) is 2. The van der Waals surface area contributed by atoms with Gasteiger partial charge in [0.2, 0.25) is 0 Å². The fourth-order valence-electron chi connectivity index (χ4n) is 1.63. The molecule has 0 saturated carbocycles. The maximum atomic E-state index is 12.7. The van der Waals surface area contributed by atoms with E-state index in [1.165, 1.54) is 12.1 Å². The Balaban J connectivity index is 2.36. The van der Waals surface area contributed by atoms with Crippen LogP contribution in [0, 0.1) is 0 Å². The molecule has 0 radical (unpaired) electrons. The Labute approximate surface area is 123 Å². The molecular weight excluding hydrogens is 312 g/mol. The Bertz CT molecular complexity index is 642. The highest BCUT2D eigenvalue weighted by Gasteiger charge is 2.31. The lowest BCUT2D eigenvalue weighted by atomic mass is 10.2. The van der Waals surface area contributed by atoms with Gasteiger partial charge in [-0.05, 0) is 36.4 Å². The summed E-state index contributed by atoms with van der Waals surface area (Å²) in [6.45, 7) is 0. The molecule has 0 amide bonds. The van der Waals surface area contributed by atoms with E-state index in [1.54, 1.807) is 12.1 Å². The average Bonchev–Trinajstić information content (AvgIpc) is 2.31. The van der Waals surface area contributed by atoms with E-state index < -0.39 is 11.7 Å². The van der Waals surface area contributed by atoms with Gasteiger partial charge in [0.25, 0.3) is 0 Å². The molecule has 0 aliphatic rings. The smallest absolute Gasteiger partial charge is 0.397 e. The van der Waals surface area contributed by atoms with Crippen molar-refractivity contribution in [3.05, 3.63) is 52.0 Å². The number of halogens is 5. The molecule has 0 spiro atoms. The molecule has 0 saturated heterocycles. The van der Waals surface area contributed by atoms with Gasteiger partial charge < -0.3 is 11.1 Å². The van der Waals surface area contributed by atoms with Gasteiger partial charge in [0.15, 0.2) is 0 Å². The average molecular weight is 321 g/mol. The Hall–Kier alpha value is -1.59. The molecule has 0 atom stereocenters. The van der Waals surface area contributed by atoms with Crippen LogP contribution in [0.15, 0.2) is 36.4 Å². The van der Waals surface area contributed by atoms with Crippen molar-refractivity contribution in [3.8, 4) is 0 Å². The molecule has 0 bridgehead atoms. The summed E-state index contributed by atoms with van der Waals surface area (Å²) in [7, 11) is 0. The van der Waals surface area contributed by atoms with Gasteiger partial charge in [0.05, 0.1) is 16.9 Å². The first kappa shape index (κ1) is 14.8. The molecule has 0 fully saturated rings. The normalized spacial score (nSPS) is 11.4. The number of benzene rings is 2. The minimum atomic E-state index is -4.47. The van der Waals surface area contributed by atoms with Gasteiger partial charge in [-0.1, -0.05) is 23.2 Å². The van der Waals surface area contributed by atoms with Gasteiger partial charge in [-0.2, -0.15) is 13.2 Å². The van der Waals surface area contributed by atoms with E-state index in [1.807, 2.05) is 0 Å². The van der Waals surface area contributed by atoms with E-state index in [0.717, 1.165) is 12.1 Å². The molecule has 2 rings (SSSR count). The van der Waals surface area contributed by atoms with Crippen LogP contribution >= 0.6 is 23.2 Å². The number of nitrogens with one attached hydrogen (secondary N) is 1. The third-order valence-electron chi connectivity index (χ3n) is 2.52. The summed E-state index contributed by atoms with van der Waals surface area (Å²) in [4.78, 5) is 0. The van der Waals surface area contributed by atoms with Crippen molar-refractivity contribution < 1.29 is 13.2 Å². The standard InChI is InChI=1S/C13H9Cl2F3N2/c14-8-1-2-12(11(19)6-8)20-10-4-7(13(16,17)18)3-9(15)5-10/h1-6,20H,19H2. The molecule has 2 aromatic rings. The largest absolute Gasteiger partial charge is 0.416 e. The Morgan fingerprint density at radius 3 is 2.25 bits per heavy atom. The van der Waals surface area contributed by atoms with E-state index in [2.05, 4.69) is 5.32 Å². The van der Waals surface area contributed by atoms with Crippen LogP contribution in [0.25, 0.3) is 0 Å². The molecule has 3 N–H and O–H groups in total. The Morgan fingerprint density at radius 2 is 1.65 bits per heavy atom. The summed E-state index contributed by atoms with van der Waals surface area (Å²) in [5, 5.41) is 3.21. The Morgan fingerprint density at radius 1 is 0.950 bits per heavy atom. The lowest BCUT2D eigenvalue weighted by Crippen LogP contribution is -2.06. The second kappa shape index (κ2) is 5.42. The second-order valence-electron chi connectivity index (χ2n) is 4.08. The zero-order valence-corrected chi connectivity index (χ0v) is 11.4. The highest BCUT2D eigenvalue weighted by molar-refractivity contribution is 6.31. The van der Waals surface area contributed by atoms with E-state index >= 15 is 0 Å². The first-order chi connectivity index (χ1) is 9.25. The predicted molar refractivity (Wildman–Crippen MR) is 75.6 cm³/mol. The lowest BCUT2D eigenvalue weighted by molar-refractivity contribution is -0.137. The highest BCUT2D eigenvalue weighted by Crippen LogP contribution is 2.35. The van der Waals surface area contributed by atoms with Crippen molar-refractivity contribution >= 4 is 40.3 Å². The molecule has 0 heterocycles. The molecular formula is C13H9Cl2F3N2. The van der Waals surface area contributed by atoms with Crippen LogP contribution in [-0.2, 0) is 6.18 Å². The molecule has 0 unspecified atom stereocenters. The fraction of sp³-hybridized carbons (Fsp3) is 0.0769. The summed E-state index contributed by atoms with van der Waals surface area (Å²) >= 11 is 11.4. The zero-order chi connectivity index (χ0) is 14.9. The lowest BCUT2D eigenvalue weighted by Gasteiger charge is -2.13. The topological polar surface area (TPSA) is 38.0 Å². The van der Waals surface area contributed by atoms with Gasteiger partial charge in [0, 0.05) is 15.7 Å². The minimum Gasteiger partial charge on any atom is -0.397 e. The molecule has 0 aliphatic heterocycles. The van der Waals surface area contributed by atoms with Crippen molar-refractivity contribution in [1.82, 2.24) is 0 Å². The fourth-order valence-corrected chi connectivity index (χ4v) is 2.04. The van der Waals surface area contributed by atoms with Gasteiger partial charge in [0.1, 0.15) is 0 Å². The molecule has 2 aromatic carbocycles. The van der Waals surface area contributed by atoms with E-state index in [9.17, 15) is 13.2 Å². The predicted octanol–water partition coefficient (Wildman–Crippen LogP) is 5.34. The maximum Gasteiger partial charge on any atom is 0.416 e. The van der Waals surface area contributed by atoms with Crippen LogP contribution in [0.4, 0.5) is 30.2 Å². The summed E-state index contributed by atoms with van der Waals surface area (Å²) in [6, 6.07) is 7.85. The molecule has 7 heteroatoms. The molecule has 2 nitrogen and oxygen atoms in total. The van der Waals surface area contributed by atoms with Crippen LogP contribution in [0.1, 0.15) is 5.56 Å². The van der Waals surface area contributed by atoms with Crippen LogP contribution in [0.5, 0.6) is 0 Å². The van der Waals surface area contributed by atoms with Crippen LogP contribution in [-0.4, -0.2) is 0 Å². The monoisotopic (exact) mass is 320 g/mol. The van der Waals surface area contributed by atoms with E-state index in [-0.39, 0.29) is 10.7 Å². The van der Waals surface area contributed by atoms with Gasteiger partial charge >= 0.3 is 6.18 Å². The van der Waals surface area contributed by atoms with Gasteiger partial charge in [-0.15, -0.1) is 0 Å². The van der Waals surface area contributed by atoms with E-state index in [4.69, 9.17) is 28.9 Å². The first-order valence-electron chi connectivity index (χ1n) is 5.45. The van der Waals surface area contributed by atoms with Crippen molar-refractivity contribution in [2.24, 2.45) is 0 Å². The maximum absolute atomic E-state index is 12.7. The van der Waals surface area contributed by atoms with Crippen molar-refractivity contribution in [2.75, 3.05) is 11.1 Å². The number of nitrogen functional groups attached to an aromatic ring is 1. The Kier molecular flexibility index (Phi) is 4.01. The van der Waals surface area contributed by atoms with Crippen LogP contribution < -0.4 is 11.1 Å². The van der Waals surface area contributed by atoms with Gasteiger partial charge in [-0.3, -0.25) is 0 Å². The third kappa shape index (κ3) is 3.49. The van der Waals surface area contributed by atoms with Gasteiger partial charge in [-0.25, -0.2) is 0 Å². The summed E-state index contributed by atoms with van der Waals surface area (Å²) < 4.78 is 38.1. The molecule has 106 valence electrons. The molecule has 0 aromatic heterocycles. The third-order valence-corrected chi connectivity index (χ3v) is 2.97. The summed E-state index contributed by atoms with van der Waals surface area (Å²) in [5.74, 6) is 0. The summed E-state index contributed by atoms with van der Waals surface area (Å²) in [6.07, 6.45) is -4.47. The van der Waals surface area contributed by atoms with E-state index in [0.29, 0.717) is 16.4 Å². The first-order valence-corrected chi connectivity index (χ1v) is 6.21. The number of anilines is 3. The number of rotatable bonds is 2. The van der Waals surface area contributed by atoms with Crippen LogP contribution in [0.3, 0.4) is 0 Å². The van der Waals surface area contributed by atoms with Crippen molar-refractivity contribution in [1.29, 1.82) is 0 Å². The second-order valence-corrected chi connectivity index (χ2v) is 4.96. The number of alkyl halides is 3. The van der Waals surface area contributed by atoms with Crippen LogP contribution in [0.2, 0.25) is 10.0 Å². The number of hydrogen-bond donors (Lipinski definition) is 2. The van der Waals surface area contributed by atoms with Crippen molar-refractivity contribution in [2.45, 2.75) is 6.18 Å².